The van der Waals surface area contributed by atoms with Crippen LogP contribution in [0.15, 0.2) is 0 Å². The number of nitrogens with zero attached hydrogens (tertiary/aromatic N) is 2. The Labute approximate surface area is 90.2 Å². The van der Waals surface area contributed by atoms with Crippen LogP contribution in [-0.4, -0.2) is 54.8 Å². The number of likely N-dealkylation sites (N-methyl/N-ethyl adjacent to an activating group) is 1. The van der Waals surface area contributed by atoms with E-state index in [1.807, 2.05) is 0 Å². The van der Waals surface area contributed by atoms with E-state index in [1.54, 1.807) is 11.9 Å². The van der Waals surface area contributed by atoms with Gasteiger partial charge in [0, 0.05) is 26.7 Å². The molecule has 1 heterocycles. The molecule has 86 valence electrons. The third kappa shape index (κ3) is 3.20. The minimum Gasteiger partial charge on any atom is -0.336 e. The second kappa shape index (κ2) is 5.70. The third-order valence-corrected chi connectivity index (χ3v) is 2.65. The number of hydrogen-bond donors (Lipinski definition) is 1. The largest absolute Gasteiger partial charge is 0.336 e. The fraction of sp³-hybridized carbons (Fsp3) is 0.800. The van der Waals surface area contributed by atoms with Gasteiger partial charge in [0.2, 0.25) is 0 Å². The van der Waals surface area contributed by atoms with Crippen molar-refractivity contribution in [2.45, 2.75) is 19.3 Å². The van der Waals surface area contributed by atoms with Gasteiger partial charge in [0.1, 0.15) is 0 Å². The molecule has 5 heteroatoms. The predicted octanol–water partition coefficient (Wildman–Crippen LogP) is -0.584. The van der Waals surface area contributed by atoms with Gasteiger partial charge in [-0.3, -0.25) is 9.59 Å². The monoisotopic (exact) mass is 213 g/mol. The van der Waals surface area contributed by atoms with Crippen LogP contribution in [0.1, 0.15) is 19.3 Å². The molecular weight excluding hydrogens is 194 g/mol. The third-order valence-electron chi connectivity index (χ3n) is 2.65. The molecule has 2 N–H and O–H groups in total. The molecule has 1 saturated heterocycles. The van der Waals surface area contributed by atoms with Gasteiger partial charge in [-0.2, -0.15) is 0 Å². The molecule has 2 amide bonds. The maximum Gasteiger partial charge on any atom is 0.312 e. The van der Waals surface area contributed by atoms with Crippen LogP contribution in [0, 0.1) is 0 Å². The average molecular weight is 213 g/mol. The Morgan fingerprint density at radius 2 is 1.87 bits per heavy atom. The number of amides is 2. The number of carbonyl (C=O) groups excluding carboxylic acids is 2. The highest BCUT2D eigenvalue weighted by Gasteiger charge is 2.29. The summed E-state index contributed by atoms with van der Waals surface area (Å²) in [4.78, 5) is 26.0. The minimum atomic E-state index is -0.389. The first-order valence-corrected chi connectivity index (χ1v) is 5.41. The van der Waals surface area contributed by atoms with Crippen molar-refractivity contribution in [3.8, 4) is 0 Å². The lowest BCUT2D eigenvalue weighted by Gasteiger charge is -2.31. The Bertz CT molecular complexity index is 243. The van der Waals surface area contributed by atoms with E-state index >= 15 is 0 Å². The Morgan fingerprint density at radius 3 is 2.53 bits per heavy atom. The van der Waals surface area contributed by atoms with Crippen LogP contribution < -0.4 is 5.73 Å². The van der Waals surface area contributed by atoms with Crippen molar-refractivity contribution in [2.75, 3.05) is 33.2 Å². The summed E-state index contributed by atoms with van der Waals surface area (Å²) >= 11 is 0. The summed E-state index contributed by atoms with van der Waals surface area (Å²) in [5, 5.41) is 0. The Balaban J connectivity index is 2.30. The summed E-state index contributed by atoms with van der Waals surface area (Å²) < 4.78 is 0. The summed E-state index contributed by atoms with van der Waals surface area (Å²) in [5.41, 5.74) is 5.37. The number of nitrogens with two attached hydrogens (primary N) is 1. The Hall–Kier alpha value is -1.10. The molecule has 0 radical (unpaired) electrons. The highest BCUT2D eigenvalue weighted by molar-refractivity contribution is 6.35. The molecule has 1 rings (SSSR count). The zero-order valence-electron chi connectivity index (χ0n) is 9.24. The van der Waals surface area contributed by atoms with Crippen molar-refractivity contribution in [2.24, 2.45) is 5.73 Å². The highest BCUT2D eigenvalue weighted by Crippen LogP contribution is 2.05. The van der Waals surface area contributed by atoms with Crippen LogP contribution in [0.3, 0.4) is 0 Å². The SMILES string of the molecule is CN1CCN(CCCCCN)C(=O)C1=O. The molecule has 0 aromatic rings. The molecule has 0 atom stereocenters. The smallest absolute Gasteiger partial charge is 0.312 e. The molecule has 5 nitrogen and oxygen atoms in total. The van der Waals surface area contributed by atoms with E-state index in [1.165, 1.54) is 4.90 Å². The summed E-state index contributed by atoms with van der Waals surface area (Å²) in [7, 11) is 1.66. The fourth-order valence-corrected chi connectivity index (χ4v) is 1.61. The summed E-state index contributed by atoms with van der Waals surface area (Å²) in [6.07, 6.45) is 2.93. The summed E-state index contributed by atoms with van der Waals surface area (Å²) in [6.45, 7) is 2.67. The van der Waals surface area contributed by atoms with E-state index in [0.717, 1.165) is 19.3 Å². The van der Waals surface area contributed by atoms with Crippen molar-refractivity contribution in [3.05, 3.63) is 0 Å². The van der Waals surface area contributed by atoms with E-state index < -0.39 is 0 Å². The Morgan fingerprint density at radius 1 is 1.13 bits per heavy atom. The van der Waals surface area contributed by atoms with Gasteiger partial charge in [-0.1, -0.05) is 6.42 Å². The zero-order chi connectivity index (χ0) is 11.3. The van der Waals surface area contributed by atoms with Crippen molar-refractivity contribution < 1.29 is 9.59 Å². The van der Waals surface area contributed by atoms with Crippen LogP contribution in [0.25, 0.3) is 0 Å². The van der Waals surface area contributed by atoms with Crippen molar-refractivity contribution in [3.63, 3.8) is 0 Å². The first-order chi connectivity index (χ1) is 7.16. The minimum absolute atomic E-state index is 0.364. The molecule has 0 aliphatic carbocycles. The lowest BCUT2D eigenvalue weighted by Crippen LogP contribution is -2.52. The molecule has 15 heavy (non-hydrogen) atoms. The van der Waals surface area contributed by atoms with E-state index in [0.29, 0.717) is 26.2 Å². The maximum absolute atomic E-state index is 11.5. The average Bonchev–Trinajstić information content (AvgIpc) is 2.24. The van der Waals surface area contributed by atoms with Crippen LogP contribution >= 0.6 is 0 Å². The van der Waals surface area contributed by atoms with Gasteiger partial charge >= 0.3 is 11.8 Å². The quantitative estimate of drug-likeness (QED) is 0.490. The Kier molecular flexibility index (Phi) is 4.55. The molecule has 0 aromatic heterocycles. The molecule has 1 fully saturated rings. The number of hydrogen-bond acceptors (Lipinski definition) is 3. The molecule has 0 aromatic carbocycles. The highest BCUT2D eigenvalue weighted by atomic mass is 16.2. The standard InChI is InChI=1S/C10H19N3O2/c1-12-7-8-13(10(15)9(12)14)6-4-2-3-5-11/h2-8,11H2,1H3. The molecule has 1 aliphatic rings. The molecule has 0 unspecified atom stereocenters. The predicted molar refractivity (Wildman–Crippen MR) is 57.1 cm³/mol. The number of rotatable bonds is 5. The lowest BCUT2D eigenvalue weighted by atomic mass is 10.2. The first-order valence-electron chi connectivity index (χ1n) is 5.41. The van der Waals surface area contributed by atoms with Gasteiger partial charge in [-0.05, 0) is 19.4 Å². The number of unbranched alkanes of at least 4 members (excludes halogenated alkanes) is 2. The van der Waals surface area contributed by atoms with Gasteiger partial charge in [-0.15, -0.1) is 0 Å². The zero-order valence-corrected chi connectivity index (χ0v) is 9.24. The van der Waals surface area contributed by atoms with Crippen molar-refractivity contribution in [1.29, 1.82) is 0 Å². The second-order valence-corrected chi connectivity index (χ2v) is 3.87. The van der Waals surface area contributed by atoms with Gasteiger partial charge in [-0.25, -0.2) is 0 Å². The van der Waals surface area contributed by atoms with E-state index in [-0.39, 0.29) is 11.8 Å². The lowest BCUT2D eigenvalue weighted by molar-refractivity contribution is -0.154. The topological polar surface area (TPSA) is 66.6 Å². The molecule has 0 saturated carbocycles. The van der Waals surface area contributed by atoms with Gasteiger partial charge in [0.05, 0.1) is 0 Å². The first kappa shape index (κ1) is 12.0. The molecule has 1 aliphatic heterocycles. The van der Waals surface area contributed by atoms with E-state index in [2.05, 4.69) is 0 Å². The fourth-order valence-electron chi connectivity index (χ4n) is 1.61. The molecule has 0 bridgehead atoms. The molecular formula is C10H19N3O2. The number of carbonyl (C=O) groups is 2. The maximum atomic E-state index is 11.5. The van der Waals surface area contributed by atoms with Crippen LogP contribution in [-0.2, 0) is 9.59 Å². The van der Waals surface area contributed by atoms with E-state index in [4.69, 9.17) is 5.73 Å². The summed E-state index contributed by atoms with van der Waals surface area (Å²) in [6, 6.07) is 0. The molecule has 0 spiro atoms. The summed E-state index contributed by atoms with van der Waals surface area (Å²) in [5.74, 6) is -0.753. The normalized spacial score (nSPS) is 17.5. The van der Waals surface area contributed by atoms with Crippen molar-refractivity contribution in [1.82, 2.24) is 9.80 Å². The van der Waals surface area contributed by atoms with E-state index in [9.17, 15) is 9.59 Å². The van der Waals surface area contributed by atoms with Gasteiger partial charge < -0.3 is 15.5 Å². The van der Waals surface area contributed by atoms with Crippen LogP contribution in [0.4, 0.5) is 0 Å². The van der Waals surface area contributed by atoms with Crippen LogP contribution in [0.5, 0.6) is 0 Å². The van der Waals surface area contributed by atoms with Gasteiger partial charge in [0.15, 0.2) is 0 Å². The van der Waals surface area contributed by atoms with Gasteiger partial charge in [0.25, 0.3) is 0 Å². The van der Waals surface area contributed by atoms with Crippen LogP contribution in [0.2, 0.25) is 0 Å². The number of piperazine rings is 1. The van der Waals surface area contributed by atoms with Crippen molar-refractivity contribution >= 4 is 11.8 Å². The second-order valence-electron chi connectivity index (χ2n) is 3.87.